The largest absolute Gasteiger partial charge is 0.291 e. The summed E-state index contributed by atoms with van der Waals surface area (Å²) in [6.45, 7) is 6.00. The zero-order valence-corrected chi connectivity index (χ0v) is 13.2. The molecule has 1 aromatic carbocycles. The van der Waals surface area contributed by atoms with E-state index in [1.165, 1.54) is 18.2 Å². The molecule has 1 heterocycles. The smallest absolute Gasteiger partial charge is 0.281 e. The van der Waals surface area contributed by atoms with Gasteiger partial charge in [-0.3, -0.25) is 9.89 Å². The Labute approximate surface area is 132 Å². The van der Waals surface area contributed by atoms with Crippen LogP contribution in [0.2, 0.25) is 5.02 Å². The van der Waals surface area contributed by atoms with Gasteiger partial charge in [-0.25, -0.2) is 9.82 Å². The van der Waals surface area contributed by atoms with Crippen LogP contribution in [-0.2, 0) is 5.41 Å². The van der Waals surface area contributed by atoms with E-state index in [9.17, 15) is 9.18 Å². The van der Waals surface area contributed by atoms with Crippen LogP contribution in [-0.4, -0.2) is 22.3 Å². The van der Waals surface area contributed by atoms with E-state index in [-0.39, 0.29) is 21.7 Å². The first-order valence-electron chi connectivity index (χ1n) is 6.62. The quantitative estimate of drug-likeness (QED) is 0.672. The lowest BCUT2D eigenvalue weighted by Gasteiger charge is -2.14. The van der Waals surface area contributed by atoms with Crippen molar-refractivity contribution in [1.29, 1.82) is 0 Å². The molecule has 0 atom stereocenters. The predicted octanol–water partition coefficient (Wildman–Crippen LogP) is 3.26. The van der Waals surface area contributed by atoms with Crippen LogP contribution in [0.4, 0.5) is 4.39 Å². The number of carbonyl (C=O) groups excluding carboxylic acids is 1. The molecule has 0 fully saturated rings. The van der Waals surface area contributed by atoms with Gasteiger partial charge in [-0.15, -0.1) is 0 Å². The van der Waals surface area contributed by atoms with Crippen LogP contribution >= 0.6 is 11.6 Å². The molecule has 116 valence electrons. The summed E-state index contributed by atoms with van der Waals surface area (Å²) < 4.78 is 13.5. The Hall–Kier alpha value is -2.21. The number of rotatable bonds is 3. The van der Waals surface area contributed by atoms with Crippen molar-refractivity contribution in [2.45, 2.75) is 26.2 Å². The highest BCUT2D eigenvalue weighted by atomic mass is 35.5. The second-order valence-electron chi connectivity index (χ2n) is 5.75. The number of hydrazone groups is 1. The maximum absolute atomic E-state index is 13.5. The second kappa shape index (κ2) is 6.27. The van der Waals surface area contributed by atoms with E-state index >= 15 is 0 Å². The number of H-pyrrole nitrogens is 1. The fraction of sp³-hybridized carbons (Fsp3) is 0.267. The van der Waals surface area contributed by atoms with Crippen LogP contribution in [0.5, 0.6) is 0 Å². The normalized spacial score (nSPS) is 11.9. The Morgan fingerprint density at radius 2 is 2.18 bits per heavy atom. The first-order valence-corrected chi connectivity index (χ1v) is 7.00. The van der Waals surface area contributed by atoms with E-state index in [4.69, 9.17) is 11.6 Å². The zero-order chi connectivity index (χ0) is 16.3. The Morgan fingerprint density at radius 1 is 1.45 bits per heavy atom. The Balaban J connectivity index is 2.07. The molecule has 2 N–H and O–H groups in total. The standard InChI is InChI=1S/C15H16ClFN4O/c1-15(2,3)13-7-12(19-20-13)14(22)21-18-8-9-10(16)5-4-6-11(9)17/h4-8H,1-3H3,(H,19,20)(H,21,22)/b18-8-. The molecule has 0 aliphatic carbocycles. The van der Waals surface area contributed by atoms with Gasteiger partial charge in [0.15, 0.2) is 5.69 Å². The van der Waals surface area contributed by atoms with E-state index < -0.39 is 11.7 Å². The number of aromatic nitrogens is 2. The van der Waals surface area contributed by atoms with Gasteiger partial charge in [0, 0.05) is 16.7 Å². The van der Waals surface area contributed by atoms with Crippen LogP contribution in [0, 0.1) is 5.82 Å². The molecule has 22 heavy (non-hydrogen) atoms. The summed E-state index contributed by atoms with van der Waals surface area (Å²) in [5, 5.41) is 10.7. The number of hydrogen-bond donors (Lipinski definition) is 2. The number of aromatic amines is 1. The molecular formula is C15H16ClFN4O. The molecule has 5 nitrogen and oxygen atoms in total. The summed E-state index contributed by atoms with van der Waals surface area (Å²) >= 11 is 5.85. The predicted molar refractivity (Wildman–Crippen MR) is 83.8 cm³/mol. The minimum absolute atomic E-state index is 0.113. The Kier molecular flexibility index (Phi) is 4.61. The van der Waals surface area contributed by atoms with Crippen molar-refractivity contribution < 1.29 is 9.18 Å². The first-order chi connectivity index (χ1) is 10.3. The lowest BCUT2D eigenvalue weighted by Crippen LogP contribution is -2.18. The van der Waals surface area contributed by atoms with E-state index in [0.717, 1.165) is 11.9 Å². The van der Waals surface area contributed by atoms with E-state index in [0.29, 0.717) is 0 Å². The van der Waals surface area contributed by atoms with Gasteiger partial charge in [0.05, 0.1) is 11.2 Å². The lowest BCUT2D eigenvalue weighted by atomic mass is 9.92. The molecule has 0 unspecified atom stereocenters. The topological polar surface area (TPSA) is 70.1 Å². The minimum Gasteiger partial charge on any atom is -0.281 e. The van der Waals surface area contributed by atoms with Crippen molar-refractivity contribution in [3.8, 4) is 0 Å². The highest BCUT2D eigenvalue weighted by molar-refractivity contribution is 6.33. The Bertz CT molecular complexity index is 698. The van der Waals surface area contributed by atoms with Crippen molar-refractivity contribution in [1.82, 2.24) is 15.6 Å². The van der Waals surface area contributed by atoms with Crippen molar-refractivity contribution in [3.63, 3.8) is 0 Å². The van der Waals surface area contributed by atoms with Gasteiger partial charge in [0.25, 0.3) is 5.91 Å². The molecule has 0 spiro atoms. The number of nitrogens with zero attached hydrogens (tertiary/aromatic N) is 2. The van der Waals surface area contributed by atoms with Gasteiger partial charge < -0.3 is 0 Å². The minimum atomic E-state index is -0.514. The molecule has 0 aliphatic rings. The van der Waals surface area contributed by atoms with Crippen molar-refractivity contribution in [2.24, 2.45) is 5.10 Å². The molecule has 0 bridgehead atoms. The average Bonchev–Trinajstić information content (AvgIpc) is 2.91. The van der Waals surface area contributed by atoms with Crippen LogP contribution in [0.25, 0.3) is 0 Å². The van der Waals surface area contributed by atoms with Crippen LogP contribution in [0.15, 0.2) is 29.4 Å². The van der Waals surface area contributed by atoms with E-state index in [1.807, 2.05) is 20.8 Å². The molecule has 2 aromatic rings. The number of hydrogen-bond acceptors (Lipinski definition) is 3. The highest BCUT2D eigenvalue weighted by Gasteiger charge is 2.19. The fourth-order valence-corrected chi connectivity index (χ4v) is 1.88. The first kappa shape index (κ1) is 16.2. The number of amides is 1. The van der Waals surface area contributed by atoms with Gasteiger partial charge in [-0.2, -0.15) is 10.2 Å². The third-order valence-electron chi connectivity index (χ3n) is 2.98. The molecule has 2 rings (SSSR count). The maximum atomic E-state index is 13.5. The zero-order valence-electron chi connectivity index (χ0n) is 12.4. The van der Waals surface area contributed by atoms with Crippen molar-refractivity contribution in [2.75, 3.05) is 0 Å². The number of nitrogens with one attached hydrogen (secondary N) is 2. The summed E-state index contributed by atoms with van der Waals surface area (Å²) in [6, 6.07) is 5.95. The molecule has 0 saturated heterocycles. The average molecular weight is 323 g/mol. The van der Waals surface area contributed by atoms with Crippen molar-refractivity contribution in [3.05, 3.63) is 52.1 Å². The second-order valence-corrected chi connectivity index (χ2v) is 6.16. The monoisotopic (exact) mass is 322 g/mol. The molecule has 0 saturated carbocycles. The van der Waals surface area contributed by atoms with Gasteiger partial charge in [-0.1, -0.05) is 38.4 Å². The number of benzene rings is 1. The van der Waals surface area contributed by atoms with Crippen LogP contribution in [0.3, 0.4) is 0 Å². The number of halogens is 2. The van der Waals surface area contributed by atoms with Gasteiger partial charge in [-0.05, 0) is 18.2 Å². The Morgan fingerprint density at radius 3 is 2.77 bits per heavy atom. The highest BCUT2D eigenvalue weighted by Crippen LogP contribution is 2.20. The molecule has 0 radical (unpaired) electrons. The van der Waals surface area contributed by atoms with E-state index in [1.54, 1.807) is 6.07 Å². The van der Waals surface area contributed by atoms with Gasteiger partial charge in [0.1, 0.15) is 5.82 Å². The van der Waals surface area contributed by atoms with Gasteiger partial charge in [0.2, 0.25) is 0 Å². The maximum Gasteiger partial charge on any atom is 0.291 e. The van der Waals surface area contributed by atoms with Gasteiger partial charge >= 0.3 is 0 Å². The molecule has 0 aliphatic heterocycles. The summed E-state index contributed by atoms with van der Waals surface area (Å²) in [6.07, 6.45) is 1.16. The third kappa shape index (κ3) is 3.71. The third-order valence-corrected chi connectivity index (χ3v) is 3.31. The summed E-state index contributed by atoms with van der Waals surface area (Å²) in [5.41, 5.74) is 3.30. The van der Waals surface area contributed by atoms with Crippen LogP contribution in [0.1, 0.15) is 42.5 Å². The van der Waals surface area contributed by atoms with Crippen molar-refractivity contribution >= 4 is 23.7 Å². The summed E-state index contributed by atoms with van der Waals surface area (Å²) in [7, 11) is 0. The van der Waals surface area contributed by atoms with Crippen LogP contribution < -0.4 is 5.43 Å². The molecular weight excluding hydrogens is 307 g/mol. The summed E-state index contributed by atoms with van der Waals surface area (Å²) in [4.78, 5) is 11.9. The molecule has 1 amide bonds. The molecule has 1 aromatic heterocycles. The van der Waals surface area contributed by atoms with E-state index in [2.05, 4.69) is 20.7 Å². The number of carbonyl (C=O) groups is 1. The molecule has 7 heteroatoms. The fourth-order valence-electron chi connectivity index (χ4n) is 1.67. The lowest BCUT2D eigenvalue weighted by molar-refractivity contribution is 0.0950. The SMILES string of the molecule is CC(C)(C)c1cc(C(=O)N/N=C\c2c(F)cccc2Cl)n[nH]1. The summed E-state index contributed by atoms with van der Waals surface area (Å²) in [5.74, 6) is -1.00.